The van der Waals surface area contributed by atoms with Crippen molar-refractivity contribution in [1.82, 2.24) is 4.31 Å². The van der Waals surface area contributed by atoms with E-state index in [1.807, 2.05) is 39.0 Å². The van der Waals surface area contributed by atoms with Crippen molar-refractivity contribution >= 4 is 21.6 Å². The minimum Gasteiger partial charge on any atom is -0.321 e. The lowest BCUT2D eigenvalue weighted by Gasteiger charge is -2.19. The van der Waals surface area contributed by atoms with Crippen LogP contribution in [-0.2, 0) is 10.0 Å². The number of hydrogen-bond acceptors (Lipinski definition) is 3. The Morgan fingerprint density at radius 3 is 2.36 bits per heavy atom. The van der Waals surface area contributed by atoms with Crippen molar-refractivity contribution in [1.29, 1.82) is 0 Å². The molecule has 0 unspecified atom stereocenters. The summed E-state index contributed by atoms with van der Waals surface area (Å²) >= 11 is 0. The van der Waals surface area contributed by atoms with E-state index in [-0.39, 0.29) is 16.4 Å². The fraction of sp³-hybridized carbons (Fsp3) is 0.381. The molecule has 2 aromatic carbocycles. The second-order valence-electron chi connectivity index (χ2n) is 6.88. The van der Waals surface area contributed by atoms with Gasteiger partial charge in [-0.05, 0) is 42.2 Å². The van der Waals surface area contributed by atoms with Gasteiger partial charge >= 0.3 is 0 Å². The first-order valence-electron chi connectivity index (χ1n) is 9.34. The van der Waals surface area contributed by atoms with Crippen molar-refractivity contribution in [2.75, 3.05) is 18.4 Å². The van der Waals surface area contributed by atoms with Crippen LogP contribution in [0.5, 0.6) is 0 Å². The van der Waals surface area contributed by atoms with E-state index >= 15 is 0 Å². The van der Waals surface area contributed by atoms with Gasteiger partial charge in [-0.15, -0.1) is 0 Å². The summed E-state index contributed by atoms with van der Waals surface area (Å²) in [5.41, 5.74) is 2.11. The molecule has 1 amide bonds. The zero-order valence-electron chi connectivity index (χ0n) is 16.9. The molecular formula is C21H27FN2O3S. The first-order chi connectivity index (χ1) is 13.1. The Balaban J connectivity index is 2.46. The molecule has 0 aromatic heterocycles. The molecule has 28 heavy (non-hydrogen) atoms. The number of benzene rings is 2. The third kappa shape index (κ3) is 4.42. The number of hydrogen-bond donors (Lipinski definition) is 1. The van der Waals surface area contributed by atoms with Gasteiger partial charge in [0.05, 0.1) is 10.5 Å². The number of halogens is 1. The smallest absolute Gasteiger partial charge is 0.258 e. The largest absolute Gasteiger partial charge is 0.321 e. The zero-order valence-corrected chi connectivity index (χ0v) is 17.7. The Labute approximate surface area is 166 Å². The van der Waals surface area contributed by atoms with E-state index < -0.39 is 21.7 Å². The number of anilines is 1. The van der Waals surface area contributed by atoms with Crippen LogP contribution in [0, 0.1) is 12.7 Å². The van der Waals surface area contributed by atoms with Crippen molar-refractivity contribution in [2.45, 2.75) is 45.4 Å². The molecule has 2 aromatic rings. The van der Waals surface area contributed by atoms with Crippen LogP contribution in [0.2, 0.25) is 0 Å². The van der Waals surface area contributed by atoms with Gasteiger partial charge in [-0.3, -0.25) is 4.79 Å². The number of rotatable bonds is 7. The summed E-state index contributed by atoms with van der Waals surface area (Å²) in [5.74, 6) is -1.28. The highest BCUT2D eigenvalue weighted by molar-refractivity contribution is 7.89. The summed E-state index contributed by atoms with van der Waals surface area (Å²) in [6.45, 7) is 9.90. The van der Waals surface area contributed by atoms with Gasteiger partial charge in [-0.25, -0.2) is 12.8 Å². The first-order valence-corrected chi connectivity index (χ1v) is 10.8. The quantitative estimate of drug-likeness (QED) is 0.734. The van der Waals surface area contributed by atoms with Crippen molar-refractivity contribution in [3.8, 4) is 0 Å². The number of carbonyl (C=O) groups excluding carboxylic acids is 1. The molecule has 0 fully saturated rings. The maximum absolute atomic E-state index is 14.4. The summed E-state index contributed by atoms with van der Waals surface area (Å²) in [5, 5.41) is 2.77. The molecule has 0 aliphatic heterocycles. The summed E-state index contributed by atoms with van der Waals surface area (Å²) in [6.07, 6.45) is 0. The molecule has 0 atom stereocenters. The standard InChI is InChI=1S/C21H27FN2O3S/c1-6-24(7-2)28(26,27)16-11-12-19(22)18(13-16)21(25)23-20-15(5)9-8-10-17(20)14(3)4/h8-14H,6-7H2,1-5H3,(H,23,25). The average Bonchev–Trinajstić information content (AvgIpc) is 2.64. The van der Waals surface area contributed by atoms with Crippen molar-refractivity contribution in [3.63, 3.8) is 0 Å². The third-order valence-corrected chi connectivity index (χ3v) is 6.74. The van der Waals surface area contributed by atoms with E-state index in [9.17, 15) is 17.6 Å². The van der Waals surface area contributed by atoms with Gasteiger partial charge < -0.3 is 5.32 Å². The van der Waals surface area contributed by atoms with Gasteiger partial charge in [0.15, 0.2) is 0 Å². The molecule has 7 heteroatoms. The van der Waals surface area contributed by atoms with Gasteiger partial charge in [0.2, 0.25) is 10.0 Å². The van der Waals surface area contributed by atoms with Crippen LogP contribution < -0.4 is 5.32 Å². The molecule has 0 spiro atoms. The van der Waals surface area contributed by atoms with Gasteiger partial charge in [0.1, 0.15) is 5.82 Å². The SMILES string of the molecule is CCN(CC)S(=O)(=O)c1ccc(F)c(C(=O)Nc2c(C)cccc2C(C)C)c1. The van der Waals surface area contributed by atoms with E-state index in [0.29, 0.717) is 18.8 Å². The molecule has 0 aliphatic rings. The second-order valence-corrected chi connectivity index (χ2v) is 8.82. The van der Waals surface area contributed by atoms with Crippen LogP contribution in [0.4, 0.5) is 10.1 Å². The lowest BCUT2D eigenvalue weighted by Crippen LogP contribution is -2.31. The number of nitrogens with zero attached hydrogens (tertiary/aromatic N) is 1. The van der Waals surface area contributed by atoms with E-state index in [2.05, 4.69) is 5.32 Å². The number of amides is 1. The third-order valence-electron chi connectivity index (χ3n) is 4.69. The molecule has 2 rings (SSSR count). The van der Waals surface area contributed by atoms with E-state index in [1.165, 1.54) is 10.4 Å². The monoisotopic (exact) mass is 406 g/mol. The lowest BCUT2D eigenvalue weighted by molar-refractivity contribution is 0.102. The van der Waals surface area contributed by atoms with Crippen molar-refractivity contribution < 1.29 is 17.6 Å². The number of carbonyl (C=O) groups is 1. The van der Waals surface area contributed by atoms with Crippen LogP contribution in [0.15, 0.2) is 41.3 Å². The fourth-order valence-corrected chi connectivity index (χ4v) is 4.56. The normalized spacial score (nSPS) is 11.9. The predicted molar refractivity (Wildman–Crippen MR) is 110 cm³/mol. The van der Waals surface area contributed by atoms with Crippen molar-refractivity contribution in [3.05, 3.63) is 58.9 Å². The Morgan fingerprint density at radius 2 is 1.79 bits per heavy atom. The Bertz CT molecular complexity index is 968. The fourth-order valence-electron chi connectivity index (χ4n) is 3.07. The second kappa shape index (κ2) is 8.84. The van der Waals surface area contributed by atoms with Gasteiger partial charge in [0.25, 0.3) is 5.91 Å². The summed E-state index contributed by atoms with van der Waals surface area (Å²) in [4.78, 5) is 12.7. The van der Waals surface area contributed by atoms with Crippen LogP contribution in [0.3, 0.4) is 0 Å². The van der Waals surface area contributed by atoms with Crippen LogP contribution in [0.25, 0.3) is 0 Å². The molecule has 0 radical (unpaired) electrons. The molecule has 0 aliphatic carbocycles. The van der Waals surface area contributed by atoms with E-state index in [4.69, 9.17) is 0 Å². The molecule has 0 heterocycles. The molecule has 1 N–H and O–H groups in total. The Kier molecular flexibility index (Phi) is 6.96. The number of sulfonamides is 1. The van der Waals surface area contributed by atoms with Crippen LogP contribution >= 0.6 is 0 Å². The van der Waals surface area contributed by atoms with Crippen molar-refractivity contribution in [2.24, 2.45) is 0 Å². The molecule has 5 nitrogen and oxygen atoms in total. The lowest BCUT2D eigenvalue weighted by atomic mass is 9.98. The van der Waals surface area contributed by atoms with Crippen LogP contribution in [0.1, 0.15) is 55.1 Å². The maximum Gasteiger partial charge on any atom is 0.258 e. The Hall–Kier alpha value is -2.25. The molecule has 0 saturated heterocycles. The summed E-state index contributed by atoms with van der Waals surface area (Å²) < 4.78 is 41.0. The molecule has 0 saturated carbocycles. The minimum atomic E-state index is -3.79. The van der Waals surface area contributed by atoms with Crippen LogP contribution in [-0.4, -0.2) is 31.7 Å². The average molecular weight is 407 g/mol. The summed E-state index contributed by atoms with van der Waals surface area (Å²) in [6, 6.07) is 8.98. The minimum absolute atomic E-state index is 0.100. The maximum atomic E-state index is 14.4. The van der Waals surface area contributed by atoms with E-state index in [0.717, 1.165) is 23.3 Å². The molecular weight excluding hydrogens is 379 g/mol. The summed E-state index contributed by atoms with van der Waals surface area (Å²) in [7, 11) is -3.79. The van der Waals surface area contributed by atoms with E-state index in [1.54, 1.807) is 13.8 Å². The highest BCUT2D eigenvalue weighted by Gasteiger charge is 2.25. The number of nitrogens with one attached hydrogen (secondary N) is 1. The first kappa shape index (κ1) is 22.0. The Morgan fingerprint density at radius 1 is 1.14 bits per heavy atom. The zero-order chi connectivity index (χ0) is 21.1. The van der Waals surface area contributed by atoms with Gasteiger partial charge in [-0.1, -0.05) is 45.9 Å². The molecule has 152 valence electrons. The molecule has 0 bridgehead atoms. The van der Waals surface area contributed by atoms with Gasteiger partial charge in [-0.2, -0.15) is 4.31 Å². The topological polar surface area (TPSA) is 66.5 Å². The highest BCUT2D eigenvalue weighted by Crippen LogP contribution is 2.28. The number of aryl methyl sites for hydroxylation is 1. The highest BCUT2D eigenvalue weighted by atomic mass is 32.2. The number of para-hydroxylation sites is 1. The van der Waals surface area contributed by atoms with Gasteiger partial charge in [0, 0.05) is 18.8 Å². The predicted octanol–water partition coefficient (Wildman–Crippen LogP) is 4.54.